The molecule has 1 atom stereocenters. The van der Waals surface area contributed by atoms with E-state index in [1.165, 1.54) is 31.2 Å². The molecule has 0 amide bonds. The Hall–Kier alpha value is -1.71. The van der Waals surface area contributed by atoms with Crippen LogP contribution in [0.15, 0.2) is 29.2 Å². The van der Waals surface area contributed by atoms with Crippen molar-refractivity contribution < 1.29 is 13.2 Å². The lowest BCUT2D eigenvalue weighted by atomic mass is 10.2. The molecule has 0 aliphatic carbocycles. The Bertz CT molecular complexity index is 570. The van der Waals surface area contributed by atoms with Crippen LogP contribution in [0.2, 0.25) is 0 Å². The molecule has 1 aromatic carbocycles. The molecular weight excluding hydrogens is 252 g/mol. The van der Waals surface area contributed by atoms with Gasteiger partial charge in [0.25, 0.3) is 0 Å². The van der Waals surface area contributed by atoms with Crippen LogP contribution >= 0.6 is 0 Å². The van der Waals surface area contributed by atoms with Crippen molar-refractivity contribution in [1.82, 2.24) is 4.72 Å². The number of benzene rings is 1. The van der Waals surface area contributed by atoms with Crippen LogP contribution in [0, 0.1) is 17.2 Å². The van der Waals surface area contributed by atoms with E-state index in [2.05, 4.69) is 4.72 Å². The number of Topliss-reactive ketones (excluding diaryl/α,β-unsaturated/α-hetero) is 1. The summed E-state index contributed by atoms with van der Waals surface area (Å²) in [5, 5.41) is 8.58. The van der Waals surface area contributed by atoms with E-state index in [-0.39, 0.29) is 17.2 Å². The summed E-state index contributed by atoms with van der Waals surface area (Å²) in [6.45, 7) is 3.10. The monoisotopic (exact) mass is 266 g/mol. The van der Waals surface area contributed by atoms with E-state index in [0.29, 0.717) is 5.56 Å². The topological polar surface area (TPSA) is 87.0 Å². The van der Waals surface area contributed by atoms with Gasteiger partial charge in [-0.1, -0.05) is 12.1 Å². The molecule has 96 valence electrons. The standard InChI is InChI=1S/C12H14N2O3S/c1-9(7-13)8-14-18(16,17)12-5-3-11(4-6-12)10(2)15/h3-6,9,14H,8H2,1-2H3. The molecule has 5 nitrogen and oxygen atoms in total. The molecule has 0 fully saturated rings. The molecule has 0 spiro atoms. The van der Waals surface area contributed by atoms with Gasteiger partial charge in [0.2, 0.25) is 10.0 Å². The lowest BCUT2D eigenvalue weighted by molar-refractivity contribution is 0.101. The van der Waals surface area contributed by atoms with E-state index in [4.69, 9.17) is 5.26 Å². The third-order valence-electron chi connectivity index (χ3n) is 2.37. The maximum atomic E-state index is 11.8. The number of rotatable bonds is 5. The van der Waals surface area contributed by atoms with Gasteiger partial charge in [-0.2, -0.15) is 5.26 Å². The molecule has 0 saturated carbocycles. The third kappa shape index (κ3) is 3.65. The molecule has 0 radical (unpaired) electrons. The number of hydrogen-bond donors (Lipinski definition) is 1. The van der Waals surface area contributed by atoms with Crippen molar-refractivity contribution in [2.75, 3.05) is 6.54 Å². The molecule has 1 unspecified atom stereocenters. The Kier molecular flexibility index (Phi) is 4.59. The van der Waals surface area contributed by atoms with Gasteiger partial charge >= 0.3 is 0 Å². The minimum absolute atomic E-state index is 0.0628. The first-order valence-corrected chi connectivity index (χ1v) is 6.85. The Morgan fingerprint density at radius 3 is 2.39 bits per heavy atom. The van der Waals surface area contributed by atoms with Gasteiger partial charge in [0.05, 0.1) is 16.9 Å². The van der Waals surface area contributed by atoms with E-state index < -0.39 is 15.9 Å². The zero-order valence-corrected chi connectivity index (χ0v) is 11.0. The normalized spacial score (nSPS) is 12.7. The number of hydrogen-bond acceptors (Lipinski definition) is 4. The summed E-state index contributed by atoms with van der Waals surface area (Å²) in [6.07, 6.45) is 0. The van der Waals surface area contributed by atoms with Crippen molar-refractivity contribution in [2.45, 2.75) is 18.7 Å². The fourth-order valence-electron chi connectivity index (χ4n) is 1.23. The number of ketones is 1. The van der Waals surface area contributed by atoms with E-state index >= 15 is 0 Å². The Morgan fingerprint density at radius 1 is 1.39 bits per heavy atom. The number of nitrogens with one attached hydrogen (secondary N) is 1. The Balaban J connectivity index is 2.86. The lowest BCUT2D eigenvalue weighted by Crippen LogP contribution is -2.28. The Labute approximate surface area is 106 Å². The minimum Gasteiger partial charge on any atom is -0.295 e. The van der Waals surface area contributed by atoms with E-state index in [1.54, 1.807) is 6.92 Å². The van der Waals surface area contributed by atoms with Gasteiger partial charge in [-0.05, 0) is 26.0 Å². The maximum absolute atomic E-state index is 11.8. The highest BCUT2D eigenvalue weighted by molar-refractivity contribution is 7.89. The quantitative estimate of drug-likeness (QED) is 0.814. The highest BCUT2D eigenvalue weighted by atomic mass is 32.2. The van der Waals surface area contributed by atoms with Gasteiger partial charge in [-0.3, -0.25) is 4.79 Å². The molecule has 0 saturated heterocycles. The van der Waals surface area contributed by atoms with Gasteiger partial charge in [-0.15, -0.1) is 0 Å². The van der Waals surface area contributed by atoms with Crippen molar-refractivity contribution in [3.8, 4) is 6.07 Å². The number of nitriles is 1. The molecule has 1 N–H and O–H groups in total. The van der Waals surface area contributed by atoms with Crippen LogP contribution in [-0.2, 0) is 10.0 Å². The molecule has 0 bridgehead atoms. The summed E-state index contributed by atoms with van der Waals surface area (Å²) >= 11 is 0. The summed E-state index contributed by atoms with van der Waals surface area (Å²) in [5.74, 6) is -0.513. The lowest BCUT2D eigenvalue weighted by Gasteiger charge is -2.07. The largest absolute Gasteiger partial charge is 0.295 e. The van der Waals surface area contributed by atoms with Crippen LogP contribution in [0.3, 0.4) is 0 Å². The predicted molar refractivity (Wildman–Crippen MR) is 66.4 cm³/mol. The molecule has 0 heterocycles. The van der Waals surface area contributed by atoms with Crippen LogP contribution in [0.25, 0.3) is 0 Å². The molecule has 0 aliphatic rings. The van der Waals surface area contributed by atoms with E-state index in [1.807, 2.05) is 6.07 Å². The highest BCUT2D eigenvalue weighted by Gasteiger charge is 2.15. The zero-order chi connectivity index (χ0) is 13.8. The summed E-state index contributed by atoms with van der Waals surface area (Å²) in [6, 6.07) is 7.61. The number of sulfonamides is 1. The minimum atomic E-state index is -3.62. The van der Waals surface area contributed by atoms with Crippen LogP contribution < -0.4 is 4.72 Å². The number of nitrogens with zero attached hydrogens (tertiary/aromatic N) is 1. The van der Waals surface area contributed by atoms with Crippen molar-refractivity contribution in [3.05, 3.63) is 29.8 Å². The van der Waals surface area contributed by atoms with Gasteiger partial charge in [0.15, 0.2) is 5.78 Å². The maximum Gasteiger partial charge on any atom is 0.240 e. The summed E-state index contributed by atoms with van der Waals surface area (Å²) in [5.41, 5.74) is 0.458. The van der Waals surface area contributed by atoms with Crippen molar-refractivity contribution in [3.63, 3.8) is 0 Å². The molecule has 0 aromatic heterocycles. The molecule has 0 aliphatic heterocycles. The fourth-order valence-corrected chi connectivity index (χ4v) is 2.36. The molecular formula is C12H14N2O3S. The van der Waals surface area contributed by atoms with Gasteiger partial charge in [-0.25, -0.2) is 13.1 Å². The third-order valence-corrected chi connectivity index (χ3v) is 3.81. The average molecular weight is 266 g/mol. The zero-order valence-electron chi connectivity index (χ0n) is 10.2. The smallest absolute Gasteiger partial charge is 0.240 e. The van der Waals surface area contributed by atoms with Crippen molar-refractivity contribution >= 4 is 15.8 Å². The fraction of sp³-hybridized carbons (Fsp3) is 0.333. The first kappa shape index (κ1) is 14.4. The van der Waals surface area contributed by atoms with Crippen LogP contribution in [-0.4, -0.2) is 20.7 Å². The number of carbonyl (C=O) groups is 1. The second-order valence-corrected chi connectivity index (χ2v) is 5.73. The van der Waals surface area contributed by atoms with Gasteiger partial charge in [0, 0.05) is 12.1 Å². The van der Waals surface area contributed by atoms with Crippen LogP contribution in [0.5, 0.6) is 0 Å². The van der Waals surface area contributed by atoms with Crippen molar-refractivity contribution in [2.24, 2.45) is 5.92 Å². The molecule has 6 heteroatoms. The summed E-state index contributed by atoms with van der Waals surface area (Å²) in [4.78, 5) is 11.1. The van der Waals surface area contributed by atoms with Crippen LogP contribution in [0.1, 0.15) is 24.2 Å². The summed E-state index contributed by atoms with van der Waals surface area (Å²) in [7, 11) is -3.62. The molecule has 1 rings (SSSR count). The highest BCUT2D eigenvalue weighted by Crippen LogP contribution is 2.11. The van der Waals surface area contributed by atoms with Gasteiger partial charge < -0.3 is 0 Å². The van der Waals surface area contributed by atoms with Crippen molar-refractivity contribution in [1.29, 1.82) is 5.26 Å². The van der Waals surface area contributed by atoms with Crippen LogP contribution in [0.4, 0.5) is 0 Å². The molecule has 1 aromatic rings. The second kappa shape index (κ2) is 5.76. The predicted octanol–water partition coefficient (Wildman–Crippen LogP) is 1.33. The summed E-state index contributed by atoms with van der Waals surface area (Å²) < 4.78 is 26.0. The SMILES string of the molecule is CC(=O)c1ccc(S(=O)(=O)NCC(C)C#N)cc1. The Morgan fingerprint density at radius 2 is 1.94 bits per heavy atom. The molecule has 18 heavy (non-hydrogen) atoms. The number of carbonyl (C=O) groups excluding carboxylic acids is 1. The van der Waals surface area contributed by atoms with Gasteiger partial charge in [0.1, 0.15) is 0 Å². The average Bonchev–Trinajstić information content (AvgIpc) is 2.36. The van der Waals surface area contributed by atoms with E-state index in [9.17, 15) is 13.2 Å². The first-order chi connectivity index (χ1) is 8.36. The van der Waals surface area contributed by atoms with E-state index in [0.717, 1.165) is 0 Å². The first-order valence-electron chi connectivity index (χ1n) is 5.37. The second-order valence-electron chi connectivity index (χ2n) is 3.96.